The lowest BCUT2D eigenvalue weighted by molar-refractivity contribution is 0.332. The third-order valence-corrected chi connectivity index (χ3v) is 22.7. The monoisotopic (exact) mass is 1060 g/mol. The molecule has 5 heteroatoms. The Morgan fingerprint density at radius 2 is 0.924 bits per heavy atom. The van der Waals surface area contributed by atoms with Gasteiger partial charge in [-0.3, -0.25) is 0 Å². The fourth-order valence-corrected chi connectivity index (χ4v) is 16.8. The van der Waals surface area contributed by atoms with Crippen LogP contribution in [0.4, 0.5) is 28.4 Å². The number of nitrogens with one attached hydrogen (secondary N) is 1. The molecule has 4 aliphatic carbocycles. The number of benzene rings is 7. The first kappa shape index (κ1) is 51.4. The molecule has 9 aromatic rings. The van der Waals surface area contributed by atoms with Gasteiger partial charge in [0.15, 0.2) is 7.28 Å². The molecule has 0 fully saturated rings. The van der Waals surface area contributed by atoms with E-state index in [4.69, 9.17) is 4.42 Å². The predicted octanol–water partition coefficient (Wildman–Crippen LogP) is 20.2. The van der Waals surface area contributed by atoms with Gasteiger partial charge in [-0.05, 0) is 211 Å². The number of hydrogen-bond donors (Lipinski definition) is 1. The Kier molecular flexibility index (Phi) is 10.7. The maximum atomic E-state index is 7.38. The number of thiophene rings is 1. The fraction of sp³-hybridized carbons (Fsp3) is 0.432. The smallest absolute Gasteiger partial charge is 0.198 e. The molecule has 0 saturated heterocycles. The van der Waals surface area contributed by atoms with E-state index in [1.54, 1.807) is 0 Å². The van der Waals surface area contributed by atoms with Gasteiger partial charge in [-0.15, -0.1) is 11.3 Å². The third-order valence-electron chi connectivity index (χ3n) is 21.5. The maximum absolute atomic E-state index is 7.38. The molecule has 403 valence electrons. The van der Waals surface area contributed by atoms with Gasteiger partial charge in [0.2, 0.25) is 0 Å². The van der Waals surface area contributed by atoms with Crippen LogP contribution in [0.25, 0.3) is 53.2 Å². The molecule has 1 N–H and O–H groups in total. The standard InChI is InChI=1S/C74H82BN2OS/c1-67(2)25-27-69(5,6)51-33-42(21-23-49(51)67)76-58-41-63-45(46-36-53-56(40-62(46)79-63)74(15,16)32-29-71(53,9)10)35-48(58)64-65-60(37-47-44-19-17-18-20-61(44)78-66(47)64)77(43-22-24-50-52(34-43)70(7,8)28-26-68(50,3)4)59-39-55-54(38-57(59)75-65)72(11,12)30-31-73(55,13)14/h17-24,33-41,76H,25-32H2,1-16H3. The molecule has 0 atom stereocenters. The van der Waals surface area contributed by atoms with E-state index in [-0.39, 0.29) is 43.3 Å². The maximum Gasteiger partial charge on any atom is 0.198 e. The molecule has 2 aromatic heterocycles. The first-order valence-electron chi connectivity index (χ1n) is 30.0. The van der Waals surface area contributed by atoms with E-state index in [1.807, 2.05) is 11.3 Å². The summed E-state index contributed by atoms with van der Waals surface area (Å²) in [6, 6.07) is 41.4. The van der Waals surface area contributed by atoms with Crippen molar-refractivity contribution in [2.24, 2.45) is 0 Å². The second-order valence-electron chi connectivity index (χ2n) is 30.7. The topological polar surface area (TPSA) is 28.4 Å². The third kappa shape index (κ3) is 7.69. The molecule has 3 nitrogen and oxygen atoms in total. The number of furan rings is 1. The number of hydrogen-bond acceptors (Lipinski definition) is 4. The molecule has 14 rings (SSSR count). The van der Waals surface area contributed by atoms with Crippen LogP contribution in [-0.4, -0.2) is 7.28 Å². The second kappa shape index (κ2) is 16.5. The molecule has 0 spiro atoms. The Hall–Kier alpha value is -5.78. The van der Waals surface area contributed by atoms with Crippen LogP contribution in [0.3, 0.4) is 0 Å². The summed E-state index contributed by atoms with van der Waals surface area (Å²) in [5, 5.41) is 9.16. The first-order chi connectivity index (χ1) is 37.0. The molecular weight excluding hydrogens is 976 g/mol. The minimum Gasteiger partial charge on any atom is -0.455 e. The lowest BCUT2D eigenvalue weighted by Gasteiger charge is -2.45. The number of fused-ring (bicyclic) bond motifs is 12. The molecule has 0 amide bonds. The van der Waals surface area contributed by atoms with Crippen LogP contribution in [-0.2, 0) is 43.3 Å². The Morgan fingerprint density at radius 3 is 1.54 bits per heavy atom. The van der Waals surface area contributed by atoms with E-state index >= 15 is 0 Å². The van der Waals surface area contributed by atoms with Crippen molar-refractivity contribution in [1.82, 2.24) is 0 Å². The molecule has 3 heterocycles. The van der Waals surface area contributed by atoms with Crippen molar-refractivity contribution >= 4 is 100 Å². The molecule has 0 saturated carbocycles. The van der Waals surface area contributed by atoms with Crippen molar-refractivity contribution in [1.29, 1.82) is 0 Å². The van der Waals surface area contributed by atoms with Crippen LogP contribution < -0.4 is 21.1 Å². The summed E-state index contributed by atoms with van der Waals surface area (Å²) in [6.45, 7) is 39.3. The Bertz CT molecular complexity index is 4110. The van der Waals surface area contributed by atoms with Crippen LogP contribution in [0.1, 0.15) is 207 Å². The Morgan fingerprint density at radius 1 is 0.430 bits per heavy atom. The zero-order valence-electron chi connectivity index (χ0n) is 50.3. The van der Waals surface area contributed by atoms with E-state index in [0.29, 0.717) is 0 Å². The van der Waals surface area contributed by atoms with Crippen LogP contribution in [0, 0.1) is 0 Å². The highest BCUT2D eigenvalue weighted by atomic mass is 32.1. The van der Waals surface area contributed by atoms with Gasteiger partial charge < -0.3 is 14.6 Å². The summed E-state index contributed by atoms with van der Waals surface area (Å²) in [7, 11) is 2.55. The Labute approximate surface area is 476 Å². The van der Waals surface area contributed by atoms with E-state index in [0.717, 1.165) is 63.7 Å². The summed E-state index contributed by atoms with van der Waals surface area (Å²) in [6.07, 6.45) is 9.39. The van der Waals surface area contributed by atoms with Gasteiger partial charge in [0, 0.05) is 70.5 Å². The lowest BCUT2D eigenvalue weighted by Crippen LogP contribution is -2.44. The molecule has 7 aromatic carbocycles. The van der Waals surface area contributed by atoms with Crippen LogP contribution in [0.5, 0.6) is 0 Å². The number of rotatable bonds is 4. The number of anilines is 5. The summed E-state index contributed by atoms with van der Waals surface area (Å²) in [5.41, 5.74) is 25.0. The largest absolute Gasteiger partial charge is 0.455 e. The van der Waals surface area contributed by atoms with Crippen molar-refractivity contribution in [3.63, 3.8) is 0 Å². The van der Waals surface area contributed by atoms with Gasteiger partial charge in [-0.1, -0.05) is 153 Å². The normalized spacial score (nSPS) is 21.1. The van der Waals surface area contributed by atoms with Crippen molar-refractivity contribution in [3.05, 3.63) is 148 Å². The van der Waals surface area contributed by atoms with Crippen molar-refractivity contribution < 1.29 is 4.42 Å². The van der Waals surface area contributed by atoms with Gasteiger partial charge in [-0.2, -0.15) is 0 Å². The predicted molar refractivity (Wildman–Crippen MR) is 343 cm³/mol. The molecule has 0 unspecified atom stereocenters. The number of para-hydroxylation sites is 1. The summed E-state index contributed by atoms with van der Waals surface area (Å²) in [5.74, 6) is 0. The van der Waals surface area contributed by atoms with Crippen molar-refractivity contribution in [3.8, 4) is 11.1 Å². The van der Waals surface area contributed by atoms with Gasteiger partial charge in [-0.25, -0.2) is 0 Å². The van der Waals surface area contributed by atoms with Gasteiger partial charge in [0.1, 0.15) is 11.2 Å². The SMILES string of the molecule is CC1(C)CCC(C)(C)c2cc(Nc3cc4sc5cc6c(cc5c4cc3-c3c4c(cc5c3oc3ccccc35)N(c3ccc5c(c3)C(C)(C)CCC5(C)C)c3cc5c(cc3[B]4)C(C)(C)CCC5(C)C)C(C)(C)CCC6(C)C)ccc21. The van der Waals surface area contributed by atoms with Crippen LogP contribution in [0.15, 0.2) is 108 Å². The van der Waals surface area contributed by atoms with Crippen molar-refractivity contribution in [2.45, 2.75) is 205 Å². The molecule has 0 bridgehead atoms. The molecule has 5 aliphatic rings. The fourth-order valence-electron chi connectivity index (χ4n) is 15.7. The van der Waals surface area contributed by atoms with E-state index < -0.39 is 0 Å². The zero-order chi connectivity index (χ0) is 55.5. The average Bonchev–Trinajstić information content (AvgIpc) is 4.16. The Balaban J connectivity index is 1.10. The van der Waals surface area contributed by atoms with Crippen LogP contribution in [0.2, 0.25) is 0 Å². The molecular formula is C74H82BN2OS. The number of nitrogens with zero attached hydrogens (tertiary/aromatic N) is 1. The average molecular weight is 1060 g/mol. The molecule has 1 aliphatic heterocycles. The summed E-state index contributed by atoms with van der Waals surface area (Å²) < 4.78 is 10.0. The zero-order valence-corrected chi connectivity index (χ0v) is 51.1. The quantitative estimate of drug-likeness (QED) is 0.178. The van der Waals surface area contributed by atoms with Gasteiger partial charge in [0.05, 0.1) is 0 Å². The van der Waals surface area contributed by atoms with Crippen LogP contribution >= 0.6 is 11.3 Å². The summed E-state index contributed by atoms with van der Waals surface area (Å²) >= 11 is 1.95. The molecule has 79 heavy (non-hydrogen) atoms. The van der Waals surface area contributed by atoms with E-state index in [9.17, 15) is 0 Å². The summed E-state index contributed by atoms with van der Waals surface area (Å²) in [4.78, 5) is 2.67. The van der Waals surface area contributed by atoms with E-state index in [2.05, 4.69) is 231 Å². The highest BCUT2D eigenvalue weighted by Crippen LogP contribution is 2.55. The van der Waals surface area contributed by atoms with Gasteiger partial charge in [0.25, 0.3) is 0 Å². The first-order valence-corrected chi connectivity index (χ1v) is 30.8. The lowest BCUT2D eigenvalue weighted by atomic mass is 9.55. The van der Waals surface area contributed by atoms with Gasteiger partial charge >= 0.3 is 0 Å². The molecule has 1 radical (unpaired) electrons. The highest BCUT2D eigenvalue weighted by Gasteiger charge is 2.44. The minimum atomic E-state index is 0.0364. The highest BCUT2D eigenvalue weighted by molar-refractivity contribution is 7.25. The van der Waals surface area contributed by atoms with E-state index in [1.165, 1.54) is 125 Å². The minimum absolute atomic E-state index is 0.0364. The second-order valence-corrected chi connectivity index (χ2v) is 31.8. The van der Waals surface area contributed by atoms with Crippen molar-refractivity contribution in [2.75, 3.05) is 10.2 Å².